The first-order chi connectivity index (χ1) is 10.8. The zero-order valence-electron chi connectivity index (χ0n) is 16.1. The molecule has 2 aliphatic heterocycles. The Labute approximate surface area is 161 Å². The van der Waals surface area contributed by atoms with Gasteiger partial charge in [0.2, 0.25) is 6.29 Å². The van der Waals surface area contributed by atoms with Crippen LogP contribution in [0.1, 0.15) is 16.2 Å². The normalized spacial score (nSPS) is 49.3. The summed E-state index contributed by atoms with van der Waals surface area (Å²) < 4.78 is 16.8. The summed E-state index contributed by atoms with van der Waals surface area (Å²) in [6, 6.07) is -1.29. The minimum atomic E-state index is -2.23. The van der Waals surface area contributed by atoms with E-state index in [4.69, 9.17) is 14.2 Å². The number of carbonyl (C=O) groups excluding carboxylic acids is 1. The summed E-state index contributed by atoms with van der Waals surface area (Å²) in [5, 5.41) is 37.2. The SMILES string of the molecule is CN[C@@H]1[C@H](O)[C@H](NC)[C@H]2O[C@@]3(O)C(=O)C[C@@H](C)O[C@H]3O[C@@H]2[C@H]1O.[Cl-].[Cl-].[H+].[H+]. The molecule has 9 nitrogen and oxygen atoms in total. The summed E-state index contributed by atoms with van der Waals surface area (Å²) >= 11 is 0. The molecule has 11 heteroatoms. The number of likely N-dealkylation sites (N-methyl/N-ethyl adjacent to an activating group) is 2. The van der Waals surface area contributed by atoms with Crippen molar-refractivity contribution in [2.75, 3.05) is 14.1 Å². The fraction of sp³-hybridized carbons (Fsp3) is 0.929. The Balaban J connectivity index is 0. The van der Waals surface area contributed by atoms with Gasteiger partial charge in [0.15, 0.2) is 5.78 Å². The Morgan fingerprint density at radius 1 is 1.08 bits per heavy atom. The number of nitrogens with one attached hydrogen (secondary N) is 2. The van der Waals surface area contributed by atoms with Crippen LogP contribution in [-0.4, -0.2) is 89.9 Å². The molecular formula is C14H26Cl2N2O7. The third kappa shape index (κ3) is 3.55. The van der Waals surface area contributed by atoms with Gasteiger partial charge < -0.3 is 65.0 Å². The summed E-state index contributed by atoms with van der Waals surface area (Å²) in [7, 11) is 3.24. The quantitative estimate of drug-likeness (QED) is 0.304. The molecule has 25 heavy (non-hydrogen) atoms. The summed E-state index contributed by atoms with van der Waals surface area (Å²) in [4.78, 5) is 12.2. The lowest BCUT2D eigenvalue weighted by atomic mass is 9.80. The first kappa shape index (κ1) is 23.0. The van der Waals surface area contributed by atoms with Crippen molar-refractivity contribution in [2.45, 2.75) is 68.0 Å². The number of fused-ring (bicyclic) bond motifs is 2. The van der Waals surface area contributed by atoms with Gasteiger partial charge in [-0.05, 0) is 21.0 Å². The molecule has 2 saturated heterocycles. The van der Waals surface area contributed by atoms with Crippen LogP contribution in [0, 0.1) is 0 Å². The lowest BCUT2D eigenvalue weighted by Gasteiger charge is -2.55. The van der Waals surface area contributed by atoms with Crippen LogP contribution in [0.3, 0.4) is 0 Å². The molecule has 9 atom stereocenters. The van der Waals surface area contributed by atoms with Gasteiger partial charge in [-0.15, -0.1) is 0 Å². The number of aliphatic hydroxyl groups excluding tert-OH is 2. The largest absolute Gasteiger partial charge is 1.00 e. The van der Waals surface area contributed by atoms with Gasteiger partial charge in [-0.3, -0.25) is 4.79 Å². The molecule has 0 aromatic rings. The van der Waals surface area contributed by atoms with Gasteiger partial charge in [0.05, 0.1) is 24.3 Å². The molecule has 0 spiro atoms. The van der Waals surface area contributed by atoms with Crippen molar-refractivity contribution in [3.63, 3.8) is 0 Å². The van der Waals surface area contributed by atoms with Crippen LogP contribution in [-0.2, 0) is 19.0 Å². The van der Waals surface area contributed by atoms with Gasteiger partial charge in [-0.25, -0.2) is 0 Å². The fourth-order valence-electron chi connectivity index (χ4n) is 3.68. The first-order valence-corrected chi connectivity index (χ1v) is 7.78. The van der Waals surface area contributed by atoms with Crippen LogP contribution in [0.15, 0.2) is 0 Å². The number of aliphatic hydroxyl groups is 3. The fourth-order valence-corrected chi connectivity index (χ4v) is 3.68. The Kier molecular flexibility index (Phi) is 7.63. The number of Topliss-reactive ketones (excluding diaryl/α,β-unsaturated/α-hetero) is 1. The molecule has 1 saturated carbocycles. The van der Waals surface area contributed by atoms with E-state index >= 15 is 0 Å². The minimum Gasteiger partial charge on any atom is -1.00 e. The molecule has 0 bridgehead atoms. The summed E-state index contributed by atoms with van der Waals surface area (Å²) in [5.74, 6) is -2.76. The predicted molar refractivity (Wildman–Crippen MR) is 78.6 cm³/mol. The maximum absolute atomic E-state index is 12.2. The van der Waals surface area contributed by atoms with E-state index in [1.807, 2.05) is 0 Å². The number of carbonyl (C=O) groups is 1. The van der Waals surface area contributed by atoms with E-state index in [0.717, 1.165) is 0 Å². The Hall–Kier alpha value is -0.0700. The Morgan fingerprint density at radius 3 is 2.24 bits per heavy atom. The van der Waals surface area contributed by atoms with E-state index < -0.39 is 60.5 Å². The number of hydrogen-bond donors (Lipinski definition) is 5. The molecule has 0 aromatic heterocycles. The second-order valence-corrected chi connectivity index (χ2v) is 6.40. The topological polar surface area (TPSA) is 130 Å². The molecule has 2 heterocycles. The maximum Gasteiger partial charge on any atom is 1.00 e. The van der Waals surface area contributed by atoms with Gasteiger partial charge in [0.25, 0.3) is 5.79 Å². The molecule has 0 aromatic carbocycles. The maximum atomic E-state index is 12.2. The average Bonchev–Trinajstić information content (AvgIpc) is 2.49. The van der Waals surface area contributed by atoms with Crippen LogP contribution < -0.4 is 35.4 Å². The Bertz CT molecular complexity index is 498. The van der Waals surface area contributed by atoms with Crippen LogP contribution in [0.5, 0.6) is 0 Å². The summed E-state index contributed by atoms with van der Waals surface area (Å²) in [6.07, 6.45) is -5.58. The lowest BCUT2D eigenvalue weighted by molar-refractivity contribution is -0.420. The number of ether oxygens (including phenoxy) is 3. The van der Waals surface area contributed by atoms with E-state index in [0.29, 0.717) is 0 Å². The van der Waals surface area contributed by atoms with E-state index in [1.165, 1.54) is 0 Å². The third-order valence-corrected chi connectivity index (χ3v) is 4.93. The summed E-state index contributed by atoms with van der Waals surface area (Å²) in [6.45, 7) is 1.70. The minimum absolute atomic E-state index is 0. The molecule has 5 N–H and O–H groups in total. The van der Waals surface area contributed by atoms with Gasteiger partial charge in [-0.1, -0.05) is 0 Å². The van der Waals surface area contributed by atoms with Crippen molar-refractivity contribution in [3.05, 3.63) is 0 Å². The van der Waals surface area contributed by atoms with Gasteiger partial charge in [0.1, 0.15) is 18.3 Å². The van der Waals surface area contributed by atoms with E-state index in [2.05, 4.69) is 10.6 Å². The van der Waals surface area contributed by atoms with Crippen molar-refractivity contribution >= 4 is 5.78 Å². The average molecular weight is 405 g/mol. The summed E-state index contributed by atoms with van der Waals surface area (Å²) in [5.41, 5.74) is 0. The van der Waals surface area contributed by atoms with Crippen LogP contribution in [0.25, 0.3) is 0 Å². The zero-order chi connectivity index (χ0) is 16.9. The second-order valence-electron chi connectivity index (χ2n) is 6.40. The van der Waals surface area contributed by atoms with Crippen LogP contribution in [0.2, 0.25) is 0 Å². The highest BCUT2D eigenvalue weighted by atomic mass is 35.5. The van der Waals surface area contributed by atoms with Crippen molar-refractivity contribution in [1.29, 1.82) is 0 Å². The van der Waals surface area contributed by atoms with Gasteiger partial charge in [-0.2, -0.15) is 0 Å². The predicted octanol–water partition coefficient (Wildman–Crippen LogP) is -8.69. The van der Waals surface area contributed by atoms with Crippen molar-refractivity contribution in [2.24, 2.45) is 0 Å². The lowest BCUT2D eigenvalue weighted by Crippen LogP contribution is -3.00. The van der Waals surface area contributed by atoms with E-state index in [9.17, 15) is 20.1 Å². The number of halogens is 2. The number of rotatable bonds is 2. The second kappa shape index (κ2) is 8.30. The van der Waals surface area contributed by atoms with Gasteiger partial charge >= 0.3 is 2.85 Å². The first-order valence-electron chi connectivity index (χ1n) is 7.78. The highest BCUT2D eigenvalue weighted by Crippen LogP contribution is 2.40. The molecule has 3 aliphatic rings. The smallest absolute Gasteiger partial charge is 1.00 e. The van der Waals surface area contributed by atoms with Gasteiger partial charge in [0, 0.05) is 6.42 Å². The highest BCUT2D eigenvalue weighted by Gasteiger charge is 2.63. The Morgan fingerprint density at radius 2 is 1.68 bits per heavy atom. The van der Waals surface area contributed by atoms with Crippen LogP contribution in [0.4, 0.5) is 0 Å². The van der Waals surface area contributed by atoms with Crippen molar-refractivity contribution < 1.29 is 62.0 Å². The monoisotopic (exact) mass is 404 g/mol. The standard InChI is InChI=1S/C14H24N2O7.2ClH/c1-5-4-6(17)14(20)13(21-5)22-12-10(19)7(15-2)9(18)8(16-3)11(12)23-14;;/h5,7-13,15-16,18-20H,4H2,1-3H3;2*1H/t5-,7-,8+,9+,10+,11-,12-,13+,14+;;/m1../s1. The molecule has 3 fully saturated rings. The molecule has 1 aliphatic carbocycles. The molecule has 0 radical (unpaired) electrons. The van der Waals surface area contributed by atoms with Crippen LogP contribution >= 0.6 is 0 Å². The molecule has 0 amide bonds. The van der Waals surface area contributed by atoms with E-state index in [-0.39, 0.29) is 34.1 Å². The molecule has 3 rings (SSSR count). The third-order valence-electron chi connectivity index (χ3n) is 4.93. The molecule has 148 valence electrons. The zero-order valence-corrected chi connectivity index (χ0v) is 15.6. The van der Waals surface area contributed by atoms with Crippen molar-refractivity contribution in [1.82, 2.24) is 10.6 Å². The number of ketones is 1. The van der Waals surface area contributed by atoms with Crippen molar-refractivity contribution in [3.8, 4) is 0 Å². The molecule has 0 unspecified atom stereocenters. The van der Waals surface area contributed by atoms with E-state index in [1.54, 1.807) is 21.0 Å². The highest BCUT2D eigenvalue weighted by molar-refractivity contribution is 5.87. The number of hydrogen-bond acceptors (Lipinski definition) is 9. The molecular weight excluding hydrogens is 379 g/mol.